The standard InChI is InChI=1S/C23H38O3/c1-2-3-4-5-6-7-8-9-10-11-12-13-14-19-23(25)26-20-21-17-15-16-18-22(21)24/h15-18,24H,2-14,19-20H2,1H3. The summed E-state index contributed by atoms with van der Waals surface area (Å²) in [5.41, 5.74) is 0.659. The minimum absolute atomic E-state index is 0.157. The lowest BCUT2D eigenvalue weighted by atomic mass is 10.0. The first-order valence-electron chi connectivity index (χ1n) is 10.7. The number of carbonyl (C=O) groups is 1. The van der Waals surface area contributed by atoms with E-state index in [4.69, 9.17) is 4.74 Å². The molecule has 0 saturated carbocycles. The van der Waals surface area contributed by atoms with Crippen molar-refractivity contribution in [3.8, 4) is 5.75 Å². The molecule has 0 unspecified atom stereocenters. The molecule has 0 aliphatic rings. The van der Waals surface area contributed by atoms with E-state index in [2.05, 4.69) is 6.92 Å². The number of para-hydroxylation sites is 1. The summed E-state index contributed by atoms with van der Waals surface area (Å²) in [5, 5.41) is 9.63. The van der Waals surface area contributed by atoms with E-state index >= 15 is 0 Å². The maximum Gasteiger partial charge on any atom is 0.306 e. The van der Waals surface area contributed by atoms with Crippen molar-refractivity contribution in [2.75, 3.05) is 0 Å². The summed E-state index contributed by atoms with van der Waals surface area (Å²) < 4.78 is 5.22. The number of ether oxygens (including phenoxy) is 1. The highest BCUT2D eigenvalue weighted by atomic mass is 16.5. The summed E-state index contributed by atoms with van der Waals surface area (Å²) in [5.74, 6) is 0.0117. The molecule has 0 bridgehead atoms. The Hall–Kier alpha value is -1.51. The summed E-state index contributed by atoms with van der Waals surface area (Å²) in [6.07, 6.45) is 17.4. The highest BCUT2D eigenvalue weighted by Gasteiger charge is 2.05. The Morgan fingerprint density at radius 1 is 0.808 bits per heavy atom. The van der Waals surface area contributed by atoms with E-state index in [1.54, 1.807) is 18.2 Å². The van der Waals surface area contributed by atoms with Gasteiger partial charge in [-0.3, -0.25) is 4.79 Å². The predicted molar refractivity (Wildman–Crippen MR) is 108 cm³/mol. The first-order valence-corrected chi connectivity index (χ1v) is 10.7. The van der Waals surface area contributed by atoms with Crippen LogP contribution in [0.5, 0.6) is 5.75 Å². The van der Waals surface area contributed by atoms with Gasteiger partial charge in [0.1, 0.15) is 12.4 Å². The molecule has 0 spiro atoms. The molecule has 0 heterocycles. The van der Waals surface area contributed by atoms with E-state index < -0.39 is 0 Å². The van der Waals surface area contributed by atoms with Gasteiger partial charge in [-0.15, -0.1) is 0 Å². The second-order valence-corrected chi connectivity index (χ2v) is 7.28. The lowest BCUT2D eigenvalue weighted by Gasteiger charge is -2.06. The lowest BCUT2D eigenvalue weighted by Crippen LogP contribution is -2.04. The molecule has 0 aliphatic carbocycles. The van der Waals surface area contributed by atoms with Gasteiger partial charge in [0.25, 0.3) is 0 Å². The Bertz CT molecular complexity index is 470. The zero-order valence-electron chi connectivity index (χ0n) is 16.7. The van der Waals surface area contributed by atoms with Crippen LogP contribution in [0.4, 0.5) is 0 Å². The summed E-state index contributed by atoms with van der Waals surface area (Å²) in [7, 11) is 0. The number of unbranched alkanes of at least 4 members (excludes halogenated alkanes) is 12. The lowest BCUT2D eigenvalue weighted by molar-refractivity contribution is -0.145. The van der Waals surface area contributed by atoms with Crippen LogP contribution in [0.3, 0.4) is 0 Å². The van der Waals surface area contributed by atoms with Crippen molar-refractivity contribution < 1.29 is 14.6 Å². The van der Waals surface area contributed by atoms with Crippen LogP contribution < -0.4 is 0 Å². The highest BCUT2D eigenvalue weighted by Crippen LogP contribution is 2.17. The molecule has 1 rings (SSSR count). The molecule has 0 amide bonds. The summed E-state index contributed by atoms with van der Waals surface area (Å²) in [6.45, 7) is 2.42. The predicted octanol–water partition coefficient (Wildman–Crippen LogP) is 6.92. The molecule has 0 radical (unpaired) electrons. The zero-order chi connectivity index (χ0) is 18.9. The van der Waals surface area contributed by atoms with Crippen LogP contribution in [0.25, 0.3) is 0 Å². The Morgan fingerprint density at radius 3 is 1.85 bits per heavy atom. The molecule has 0 aromatic heterocycles. The average Bonchev–Trinajstić information content (AvgIpc) is 2.65. The number of rotatable bonds is 16. The molecule has 3 nitrogen and oxygen atoms in total. The van der Waals surface area contributed by atoms with Crippen molar-refractivity contribution in [1.29, 1.82) is 0 Å². The normalized spacial score (nSPS) is 10.8. The number of phenols is 1. The number of hydrogen-bond donors (Lipinski definition) is 1. The Labute approximate surface area is 160 Å². The SMILES string of the molecule is CCCCCCCCCCCCCCCC(=O)OCc1ccccc1O. The van der Waals surface area contributed by atoms with Gasteiger partial charge in [0, 0.05) is 12.0 Å². The minimum Gasteiger partial charge on any atom is -0.508 e. The quantitative estimate of drug-likeness (QED) is 0.256. The topological polar surface area (TPSA) is 46.5 Å². The number of aromatic hydroxyl groups is 1. The van der Waals surface area contributed by atoms with Crippen LogP contribution in [0.15, 0.2) is 24.3 Å². The fourth-order valence-electron chi connectivity index (χ4n) is 3.15. The second-order valence-electron chi connectivity index (χ2n) is 7.28. The van der Waals surface area contributed by atoms with Gasteiger partial charge in [-0.1, -0.05) is 102 Å². The Kier molecular flexibility index (Phi) is 13.6. The first-order chi connectivity index (χ1) is 12.7. The number of carbonyl (C=O) groups excluding carboxylic acids is 1. The van der Waals surface area contributed by atoms with Crippen LogP contribution in [0, 0.1) is 0 Å². The van der Waals surface area contributed by atoms with Crippen molar-refractivity contribution >= 4 is 5.97 Å². The molecule has 1 aromatic carbocycles. The molecule has 26 heavy (non-hydrogen) atoms. The summed E-state index contributed by atoms with van der Waals surface area (Å²) in [6, 6.07) is 6.97. The monoisotopic (exact) mass is 362 g/mol. The van der Waals surface area contributed by atoms with Crippen LogP contribution in [0.2, 0.25) is 0 Å². The third-order valence-electron chi connectivity index (χ3n) is 4.86. The van der Waals surface area contributed by atoms with Crippen LogP contribution in [0.1, 0.15) is 102 Å². The Balaban J connectivity index is 1.85. The van der Waals surface area contributed by atoms with E-state index in [1.165, 1.54) is 70.6 Å². The van der Waals surface area contributed by atoms with E-state index in [0.717, 1.165) is 12.8 Å². The molecule has 0 saturated heterocycles. The van der Waals surface area contributed by atoms with Crippen LogP contribution in [-0.2, 0) is 16.1 Å². The average molecular weight is 363 g/mol. The number of benzene rings is 1. The van der Waals surface area contributed by atoms with E-state index in [1.807, 2.05) is 6.07 Å². The molecular formula is C23H38O3. The van der Waals surface area contributed by atoms with Crippen molar-refractivity contribution in [3.05, 3.63) is 29.8 Å². The van der Waals surface area contributed by atoms with E-state index in [-0.39, 0.29) is 18.3 Å². The van der Waals surface area contributed by atoms with Crippen molar-refractivity contribution in [2.45, 2.75) is 103 Å². The molecule has 0 atom stereocenters. The summed E-state index contributed by atoms with van der Waals surface area (Å²) >= 11 is 0. The van der Waals surface area contributed by atoms with E-state index in [9.17, 15) is 9.90 Å². The molecular weight excluding hydrogens is 324 g/mol. The zero-order valence-corrected chi connectivity index (χ0v) is 16.7. The maximum absolute atomic E-state index is 11.7. The Morgan fingerprint density at radius 2 is 1.31 bits per heavy atom. The maximum atomic E-state index is 11.7. The number of phenolic OH excluding ortho intramolecular Hbond substituents is 1. The first kappa shape index (κ1) is 22.5. The van der Waals surface area contributed by atoms with Gasteiger partial charge in [-0.25, -0.2) is 0 Å². The molecule has 148 valence electrons. The molecule has 0 aliphatic heterocycles. The van der Waals surface area contributed by atoms with Gasteiger partial charge in [0.2, 0.25) is 0 Å². The number of hydrogen-bond acceptors (Lipinski definition) is 3. The van der Waals surface area contributed by atoms with Crippen molar-refractivity contribution in [1.82, 2.24) is 0 Å². The van der Waals surface area contributed by atoms with Gasteiger partial charge >= 0.3 is 5.97 Å². The van der Waals surface area contributed by atoms with Crippen molar-refractivity contribution in [3.63, 3.8) is 0 Å². The third kappa shape index (κ3) is 11.9. The third-order valence-corrected chi connectivity index (χ3v) is 4.86. The molecule has 1 N–H and O–H groups in total. The molecule has 1 aromatic rings. The van der Waals surface area contributed by atoms with Gasteiger partial charge in [-0.05, 0) is 12.5 Å². The molecule has 3 heteroatoms. The smallest absolute Gasteiger partial charge is 0.306 e. The van der Waals surface area contributed by atoms with Gasteiger partial charge in [0.05, 0.1) is 0 Å². The van der Waals surface area contributed by atoms with Crippen LogP contribution in [-0.4, -0.2) is 11.1 Å². The molecule has 0 fully saturated rings. The fourth-order valence-corrected chi connectivity index (χ4v) is 3.15. The van der Waals surface area contributed by atoms with Gasteiger partial charge in [-0.2, -0.15) is 0 Å². The van der Waals surface area contributed by atoms with Gasteiger partial charge in [0.15, 0.2) is 0 Å². The van der Waals surface area contributed by atoms with Crippen molar-refractivity contribution in [2.24, 2.45) is 0 Å². The largest absolute Gasteiger partial charge is 0.508 e. The van der Waals surface area contributed by atoms with Crippen LogP contribution >= 0.6 is 0 Å². The van der Waals surface area contributed by atoms with Gasteiger partial charge < -0.3 is 9.84 Å². The van der Waals surface area contributed by atoms with E-state index in [0.29, 0.717) is 12.0 Å². The fraction of sp³-hybridized carbons (Fsp3) is 0.696. The second kappa shape index (κ2) is 15.7. The summed E-state index contributed by atoms with van der Waals surface area (Å²) in [4.78, 5) is 11.7. The number of esters is 1. The minimum atomic E-state index is -0.170. The highest BCUT2D eigenvalue weighted by molar-refractivity contribution is 5.69.